The van der Waals surface area contributed by atoms with Crippen LogP contribution in [0.1, 0.15) is 16.1 Å². The lowest BCUT2D eigenvalue weighted by Gasteiger charge is -2.08. The number of benzene rings is 1. The molecular weight excluding hydrogens is 258 g/mol. The van der Waals surface area contributed by atoms with Crippen LogP contribution >= 0.6 is 11.8 Å². The first-order chi connectivity index (χ1) is 9.10. The van der Waals surface area contributed by atoms with E-state index in [0.717, 1.165) is 10.6 Å². The van der Waals surface area contributed by atoms with Crippen molar-refractivity contribution < 1.29 is 4.79 Å². The van der Waals surface area contributed by atoms with Gasteiger partial charge in [0.15, 0.2) is 0 Å². The summed E-state index contributed by atoms with van der Waals surface area (Å²) in [6, 6.07) is 9.31. The second-order valence-corrected chi connectivity index (χ2v) is 4.96. The molecule has 1 heterocycles. The fourth-order valence-electron chi connectivity index (χ4n) is 1.65. The first kappa shape index (κ1) is 13.4. The smallest absolute Gasteiger partial charge is 0.257 e. The molecule has 0 aliphatic heterocycles. The fourth-order valence-corrected chi connectivity index (χ4v) is 2.06. The van der Waals surface area contributed by atoms with E-state index in [2.05, 4.69) is 10.3 Å². The molecule has 0 spiro atoms. The molecule has 19 heavy (non-hydrogen) atoms. The van der Waals surface area contributed by atoms with E-state index in [1.807, 2.05) is 30.5 Å². The van der Waals surface area contributed by atoms with Gasteiger partial charge in [-0.3, -0.25) is 9.78 Å². The van der Waals surface area contributed by atoms with Crippen LogP contribution in [0.15, 0.2) is 41.4 Å². The van der Waals surface area contributed by atoms with E-state index in [-0.39, 0.29) is 5.91 Å². The first-order valence-corrected chi connectivity index (χ1v) is 7.00. The van der Waals surface area contributed by atoms with Crippen molar-refractivity contribution in [2.45, 2.75) is 11.8 Å². The number of amides is 1. The Morgan fingerprint density at radius 3 is 2.63 bits per heavy atom. The molecule has 0 saturated heterocycles. The number of thioether (sulfide) groups is 1. The van der Waals surface area contributed by atoms with E-state index in [9.17, 15) is 4.79 Å². The minimum absolute atomic E-state index is 0.200. The Kier molecular flexibility index (Phi) is 4.06. The van der Waals surface area contributed by atoms with Crippen LogP contribution in [-0.2, 0) is 0 Å². The number of nitrogens with two attached hydrogens (primary N) is 1. The summed E-state index contributed by atoms with van der Waals surface area (Å²) < 4.78 is 0. The second-order valence-electron chi connectivity index (χ2n) is 4.08. The van der Waals surface area contributed by atoms with E-state index in [4.69, 9.17) is 5.73 Å². The quantitative estimate of drug-likeness (QED) is 0.844. The Morgan fingerprint density at radius 2 is 2.00 bits per heavy atom. The van der Waals surface area contributed by atoms with Gasteiger partial charge < -0.3 is 11.1 Å². The van der Waals surface area contributed by atoms with Crippen LogP contribution in [0.2, 0.25) is 0 Å². The predicted molar refractivity (Wildman–Crippen MR) is 79.6 cm³/mol. The van der Waals surface area contributed by atoms with Crippen LogP contribution in [0.5, 0.6) is 0 Å². The van der Waals surface area contributed by atoms with Crippen molar-refractivity contribution in [1.82, 2.24) is 4.98 Å². The monoisotopic (exact) mass is 273 g/mol. The van der Waals surface area contributed by atoms with Crippen LogP contribution < -0.4 is 11.1 Å². The number of aryl methyl sites for hydroxylation is 1. The average Bonchev–Trinajstić information content (AvgIpc) is 2.42. The van der Waals surface area contributed by atoms with Gasteiger partial charge in [-0.1, -0.05) is 0 Å². The molecule has 0 bridgehead atoms. The minimum atomic E-state index is -0.200. The maximum atomic E-state index is 12.1. The van der Waals surface area contributed by atoms with Gasteiger partial charge in [0.2, 0.25) is 0 Å². The average molecular weight is 273 g/mol. The lowest BCUT2D eigenvalue weighted by atomic mass is 10.1. The van der Waals surface area contributed by atoms with Crippen molar-refractivity contribution in [1.29, 1.82) is 0 Å². The lowest BCUT2D eigenvalue weighted by molar-refractivity contribution is 0.102. The highest BCUT2D eigenvalue weighted by Gasteiger charge is 2.10. The fraction of sp³-hybridized carbons (Fsp3) is 0.143. The molecule has 98 valence electrons. The molecule has 0 saturated carbocycles. The number of carbonyl (C=O) groups excluding carboxylic acids is 1. The van der Waals surface area contributed by atoms with Gasteiger partial charge >= 0.3 is 0 Å². The van der Waals surface area contributed by atoms with E-state index in [1.165, 1.54) is 0 Å². The maximum Gasteiger partial charge on any atom is 0.257 e. The molecule has 0 atom stereocenters. The highest BCUT2D eigenvalue weighted by Crippen LogP contribution is 2.18. The summed E-state index contributed by atoms with van der Waals surface area (Å²) in [5.74, 6) is -0.200. The third-order valence-electron chi connectivity index (χ3n) is 2.70. The van der Waals surface area contributed by atoms with Crippen LogP contribution in [0.4, 0.5) is 11.4 Å². The Hall–Kier alpha value is -2.01. The SMILES string of the molecule is CSc1ccc(NC(=O)c2cc(N)cnc2C)cc1. The van der Waals surface area contributed by atoms with Gasteiger partial charge in [0.25, 0.3) is 5.91 Å². The van der Waals surface area contributed by atoms with Gasteiger partial charge in [-0.05, 0) is 43.5 Å². The molecule has 0 aliphatic carbocycles. The topological polar surface area (TPSA) is 68.0 Å². The summed E-state index contributed by atoms with van der Waals surface area (Å²) in [4.78, 5) is 17.4. The summed E-state index contributed by atoms with van der Waals surface area (Å²) in [7, 11) is 0. The lowest BCUT2D eigenvalue weighted by Crippen LogP contribution is -2.14. The molecule has 2 rings (SSSR count). The number of nitrogens with one attached hydrogen (secondary N) is 1. The van der Waals surface area contributed by atoms with Crippen molar-refractivity contribution in [3.05, 3.63) is 47.8 Å². The van der Waals surface area contributed by atoms with Crippen LogP contribution in [-0.4, -0.2) is 17.1 Å². The number of hydrogen-bond acceptors (Lipinski definition) is 4. The minimum Gasteiger partial charge on any atom is -0.397 e. The van der Waals surface area contributed by atoms with Gasteiger partial charge in [-0.2, -0.15) is 0 Å². The normalized spacial score (nSPS) is 10.2. The molecule has 0 radical (unpaired) electrons. The van der Waals surface area contributed by atoms with Gasteiger partial charge in [0.1, 0.15) is 0 Å². The highest BCUT2D eigenvalue weighted by atomic mass is 32.2. The molecule has 2 aromatic rings. The third kappa shape index (κ3) is 3.26. The Labute approximate surface area is 116 Å². The molecular formula is C14H15N3OS. The van der Waals surface area contributed by atoms with Gasteiger partial charge in [-0.25, -0.2) is 0 Å². The molecule has 3 N–H and O–H groups in total. The number of nitrogens with zero attached hydrogens (tertiary/aromatic N) is 1. The Bertz CT molecular complexity index is 596. The molecule has 0 unspecified atom stereocenters. The van der Waals surface area contributed by atoms with Gasteiger partial charge in [-0.15, -0.1) is 11.8 Å². The standard InChI is InChI=1S/C14H15N3OS/c1-9-13(7-10(15)8-16-9)14(18)17-11-3-5-12(19-2)6-4-11/h3-8H,15H2,1-2H3,(H,17,18). The van der Waals surface area contributed by atoms with Crippen molar-refractivity contribution in [3.63, 3.8) is 0 Å². The summed E-state index contributed by atoms with van der Waals surface area (Å²) in [5.41, 5.74) is 8.04. The number of anilines is 2. The molecule has 0 fully saturated rings. The number of pyridine rings is 1. The van der Waals surface area contributed by atoms with E-state index < -0.39 is 0 Å². The zero-order valence-electron chi connectivity index (χ0n) is 10.8. The maximum absolute atomic E-state index is 12.1. The largest absolute Gasteiger partial charge is 0.397 e. The zero-order valence-corrected chi connectivity index (χ0v) is 11.6. The number of hydrogen-bond donors (Lipinski definition) is 2. The summed E-state index contributed by atoms with van der Waals surface area (Å²) in [5, 5.41) is 2.83. The van der Waals surface area contributed by atoms with Crippen LogP contribution in [0.25, 0.3) is 0 Å². The Balaban J connectivity index is 2.18. The number of aromatic nitrogens is 1. The van der Waals surface area contributed by atoms with Crippen molar-refractivity contribution in [3.8, 4) is 0 Å². The molecule has 1 aromatic heterocycles. The summed E-state index contributed by atoms with van der Waals surface area (Å²) in [6.07, 6.45) is 3.55. The summed E-state index contributed by atoms with van der Waals surface area (Å²) >= 11 is 1.66. The zero-order chi connectivity index (χ0) is 13.8. The van der Waals surface area contributed by atoms with E-state index in [1.54, 1.807) is 30.9 Å². The highest BCUT2D eigenvalue weighted by molar-refractivity contribution is 7.98. The molecule has 1 amide bonds. The van der Waals surface area contributed by atoms with E-state index >= 15 is 0 Å². The molecule has 1 aromatic carbocycles. The van der Waals surface area contributed by atoms with Gasteiger partial charge in [0.05, 0.1) is 23.1 Å². The second kappa shape index (κ2) is 5.75. The van der Waals surface area contributed by atoms with Crippen molar-refractivity contribution in [2.75, 3.05) is 17.3 Å². The Morgan fingerprint density at radius 1 is 1.32 bits per heavy atom. The number of rotatable bonds is 3. The predicted octanol–water partition coefficient (Wildman–Crippen LogP) is 2.95. The van der Waals surface area contributed by atoms with Crippen LogP contribution in [0.3, 0.4) is 0 Å². The van der Waals surface area contributed by atoms with Crippen molar-refractivity contribution in [2.24, 2.45) is 0 Å². The van der Waals surface area contributed by atoms with E-state index in [0.29, 0.717) is 16.9 Å². The van der Waals surface area contributed by atoms with Crippen molar-refractivity contribution >= 4 is 29.0 Å². The first-order valence-electron chi connectivity index (χ1n) is 5.77. The number of carbonyl (C=O) groups is 1. The third-order valence-corrected chi connectivity index (χ3v) is 3.44. The summed E-state index contributed by atoms with van der Waals surface area (Å²) in [6.45, 7) is 1.78. The molecule has 0 aliphatic rings. The molecule has 5 heteroatoms. The molecule has 4 nitrogen and oxygen atoms in total. The van der Waals surface area contributed by atoms with Gasteiger partial charge in [0, 0.05) is 10.6 Å². The number of nitrogen functional groups attached to an aromatic ring is 1. The van der Waals surface area contributed by atoms with Crippen LogP contribution in [0, 0.1) is 6.92 Å².